The fourth-order valence-electron chi connectivity index (χ4n) is 3.26. The van der Waals surface area contributed by atoms with Gasteiger partial charge in [0.15, 0.2) is 0 Å². The Morgan fingerprint density at radius 1 is 1.37 bits per heavy atom. The molecular weight excluding hydrogens is 254 g/mol. The molecule has 3 atom stereocenters. The van der Waals surface area contributed by atoms with E-state index in [1.807, 2.05) is 17.8 Å². The summed E-state index contributed by atoms with van der Waals surface area (Å²) in [5.74, 6) is 2.27. The Morgan fingerprint density at radius 2 is 2.11 bits per heavy atom. The molecular formula is C16H21NOS. The summed E-state index contributed by atoms with van der Waals surface area (Å²) in [4.78, 5) is 14.9. The molecule has 1 saturated heterocycles. The van der Waals surface area contributed by atoms with Crippen LogP contribution >= 0.6 is 11.8 Å². The van der Waals surface area contributed by atoms with Crippen LogP contribution in [0.25, 0.3) is 0 Å². The number of amides is 1. The number of thioether (sulfide) groups is 1. The second-order valence-corrected chi connectivity index (χ2v) is 7.28. The largest absolute Gasteiger partial charge is 0.322 e. The molecule has 3 heteroatoms. The Morgan fingerprint density at radius 3 is 2.79 bits per heavy atom. The highest BCUT2D eigenvalue weighted by molar-refractivity contribution is 8.00. The van der Waals surface area contributed by atoms with Crippen molar-refractivity contribution in [1.29, 1.82) is 0 Å². The molecule has 2 heterocycles. The van der Waals surface area contributed by atoms with E-state index >= 15 is 0 Å². The maximum absolute atomic E-state index is 12.8. The van der Waals surface area contributed by atoms with Gasteiger partial charge in [0.25, 0.3) is 5.91 Å². The van der Waals surface area contributed by atoms with Crippen LogP contribution in [0.4, 0.5) is 0 Å². The van der Waals surface area contributed by atoms with Gasteiger partial charge in [0.1, 0.15) is 0 Å². The molecule has 2 aliphatic heterocycles. The smallest absolute Gasteiger partial charge is 0.255 e. The quantitative estimate of drug-likeness (QED) is 0.779. The minimum absolute atomic E-state index is 0.238. The van der Waals surface area contributed by atoms with E-state index in [9.17, 15) is 4.79 Å². The third kappa shape index (κ3) is 1.90. The maximum atomic E-state index is 12.8. The van der Waals surface area contributed by atoms with Crippen LogP contribution in [-0.2, 0) is 0 Å². The van der Waals surface area contributed by atoms with Crippen LogP contribution in [0.1, 0.15) is 48.2 Å². The van der Waals surface area contributed by atoms with Crippen molar-refractivity contribution in [2.45, 2.75) is 45.0 Å². The van der Waals surface area contributed by atoms with Crippen LogP contribution in [-0.4, -0.2) is 28.0 Å². The van der Waals surface area contributed by atoms with Gasteiger partial charge in [-0.3, -0.25) is 4.79 Å². The number of fused-ring (bicyclic) bond motifs is 2. The van der Waals surface area contributed by atoms with Gasteiger partial charge >= 0.3 is 0 Å². The molecule has 0 bridgehead atoms. The molecule has 1 amide bonds. The van der Waals surface area contributed by atoms with E-state index in [2.05, 4.69) is 44.7 Å². The van der Waals surface area contributed by atoms with Gasteiger partial charge in [0.05, 0.1) is 5.37 Å². The second-order valence-electron chi connectivity index (χ2n) is 6.13. The lowest BCUT2D eigenvalue weighted by Gasteiger charge is -2.39. The van der Waals surface area contributed by atoms with E-state index in [4.69, 9.17) is 0 Å². The van der Waals surface area contributed by atoms with Crippen LogP contribution in [0.2, 0.25) is 0 Å². The Labute approximate surface area is 119 Å². The third-order valence-electron chi connectivity index (χ3n) is 4.43. The first-order chi connectivity index (χ1) is 9.00. The number of aryl methyl sites for hydroxylation is 1. The van der Waals surface area contributed by atoms with Crippen LogP contribution in [0.5, 0.6) is 0 Å². The zero-order chi connectivity index (χ0) is 13.7. The van der Waals surface area contributed by atoms with E-state index in [1.54, 1.807) is 0 Å². The molecule has 0 unspecified atom stereocenters. The van der Waals surface area contributed by atoms with Crippen molar-refractivity contribution in [1.82, 2.24) is 4.90 Å². The summed E-state index contributed by atoms with van der Waals surface area (Å²) in [7, 11) is 0. The van der Waals surface area contributed by atoms with Gasteiger partial charge in [0.2, 0.25) is 0 Å². The fraction of sp³-hybridized carbons (Fsp3) is 0.562. The van der Waals surface area contributed by atoms with Crippen LogP contribution in [0.15, 0.2) is 18.2 Å². The highest BCUT2D eigenvalue weighted by Gasteiger charge is 2.46. The Hall–Kier alpha value is -0.960. The molecule has 102 valence electrons. The number of hydrogen-bond acceptors (Lipinski definition) is 2. The average molecular weight is 275 g/mol. The molecule has 0 aromatic heterocycles. The van der Waals surface area contributed by atoms with E-state index in [0.717, 1.165) is 11.3 Å². The van der Waals surface area contributed by atoms with Gasteiger partial charge in [-0.15, -0.1) is 11.8 Å². The van der Waals surface area contributed by atoms with Crippen molar-refractivity contribution >= 4 is 17.7 Å². The lowest BCUT2D eigenvalue weighted by molar-refractivity contribution is 0.0606. The average Bonchev–Trinajstić information content (AvgIpc) is 2.81. The SMILES string of the molecule is Cc1ccc2c(c1)[C@@H](C)[C@H]1SC[C@H](C(C)C)N1C2=O. The summed E-state index contributed by atoms with van der Waals surface area (Å²) in [5, 5.41) is 0.328. The van der Waals surface area contributed by atoms with Gasteiger partial charge in [-0.25, -0.2) is 0 Å². The van der Waals surface area contributed by atoms with Gasteiger partial charge in [-0.05, 0) is 24.5 Å². The van der Waals surface area contributed by atoms with Gasteiger partial charge < -0.3 is 4.90 Å². The van der Waals surface area contributed by atoms with E-state index in [-0.39, 0.29) is 5.91 Å². The topological polar surface area (TPSA) is 20.3 Å². The van der Waals surface area contributed by atoms with Crippen molar-refractivity contribution in [2.75, 3.05) is 5.75 Å². The summed E-state index contributed by atoms with van der Waals surface area (Å²) in [6, 6.07) is 6.65. The Bertz CT molecular complexity index is 525. The van der Waals surface area contributed by atoms with Crippen molar-refractivity contribution in [2.24, 2.45) is 5.92 Å². The minimum Gasteiger partial charge on any atom is -0.322 e. The number of rotatable bonds is 1. The highest BCUT2D eigenvalue weighted by atomic mass is 32.2. The van der Waals surface area contributed by atoms with Crippen LogP contribution < -0.4 is 0 Å². The number of carbonyl (C=O) groups is 1. The normalized spacial score (nSPS) is 29.6. The summed E-state index contributed by atoms with van der Waals surface area (Å²) in [6.45, 7) is 8.80. The molecule has 19 heavy (non-hydrogen) atoms. The molecule has 0 aliphatic carbocycles. The molecule has 1 aromatic rings. The number of carbonyl (C=O) groups excluding carboxylic acids is 1. The van der Waals surface area contributed by atoms with Gasteiger partial charge in [-0.1, -0.05) is 38.5 Å². The number of hydrogen-bond donors (Lipinski definition) is 0. The highest BCUT2D eigenvalue weighted by Crippen LogP contribution is 2.45. The summed E-state index contributed by atoms with van der Waals surface area (Å²) >= 11 is 1.95. The van der Waals surface area contributed by atoms with E-state index in [1.165, 1.54) is 11.1 Å². The molecule has 0 spiro atoms. The summed E-state index contributed by atoms with van der Waals surface area (Å²) < 4.78 is 0. The Kier molecular flexibility index (Phi) is 3.12. The molecule has 2 nitrogen and oxygen atoms in total. The molecule has 0 radical (unpaired) electrons. The monoisotopic (exact) mass is 275 g/mol. The molecule has 1 aromatic carbocycles. The fourth-order valence-corrected chi connectivity index (χ4v) is 5.05. The zero-order valence-electron chi connectivity index (χ0n) is 12.0. The van der Waals surface area contributed by atoms with Crippen LogP contribution in [0.3, 0.4) is 0 Å². The van der Waals surface area contributed by atoms with E-state index in [0.29, 0.717) is 23.3 Å². The number of nitrogens with zero attached hydrogens (tertiary/aromatic N) is 1. The molecule has 3 rings (SSSR count). The summed E-state index contributed by atoms with van der Waals surface area (Å²) in [6.07, 6.45) is 0. The molecule has 2 aliphatic rings. The lowest BCUT2D eigenvalue weighted by Crippen LogP contribution is -2.48. The second kappa shape index (κ2) is 4.55. The molecule has 1 fully saturated rings. The van der Waals surface area contributed by atoms with Gasteiger partial charge in [-0.2, -0.15) is 0 Å². The van der Waals surface area contributed by atoms with Crippen LogP contribution in [0, 0.1) is 12.8 Å². The predicted octanol–water partition coefficient (Wildman–Crippen LogP) is 3.65. The first-order valence-electron chi connectivity index (χ1n) is 7.05. The van der Waals surface area contributed by atoms with Crippen molar-refractivity contribution in [3.63, 3.8) is 0 Å². The lowest BCUT2D eigenvalue weighted by atomic mass is 9.87. The van der Waals surface area contributed by atoms with Gasteiger partial charge in [0, 0.05) is 23.3 Å². The summed E-state index contributed by atoms with van der Waals surface area (Å²) in [5.41, 5.74) is 3.40. The predicted molar refractivity (Wildman–Crippen MR) is 80.6 cm³/mol. The van der Waals surface area contributed by atoms with Crippen molar-refractivity contribution in [3.8, 4) is 0 Å². The first kappa shape index (κ1) is 13.0. The third-order valence-corrected chi connectivity index (χ3v) is 5.94. The molecule has 0 saturated carbocycles. The minimum atomic E-state index is 0.238. The first-order valence-corrected chi connectivity index (χ1v) is 8.10. The van der Waals surface area contributed by atoms with E-state index < -0.39 is 0 Å². The van der Waals surface area contributed by atoms with Crippen molar-refractivity contribution in [3.05, 3.63) is 34.9 Å². The maximum Gasteiger partial charge on any atom is 0.255 e. The molecule has 0 N–H and O–H groups in total. The number of benzene rings is 1. The van der Waals surface area contributed by atoms with Crippen molar-refractivity contribution < 1.29 is 4.79 Å². The standard InChI is InChI=1S/C16H21NOS/c1-9(2)14-8-19-16-11(4)13-7-10(3)5-6-12(13)15(18)17(14)16/h5-7,9,11,14,16H,8H2,1-4H3/t11-,14-,16-/m1/s1. The Balaban J connectivity index is 2.07. The zero-order valence-corrected chi connectivity index (χ0v) is 12.8.